The quantitative estimate of drug-likeness (QED) is 0.283. The van der Waals surface area contributed by atoms with Gasteiger partial charge in [0, 0.05) is 33.9 Å². The molecule has 0 aliphatic rings. The average Bonchev–Trinajstić information content (AvgIpc) is 3.48. The third-order valence-electron chi connectivity index (χ3n) is 6.07. The summed E-state index contributed by atoms with van der Waals surface area (Å²) >= 11 is 0. The van der Waals surface area contributed by atoms with Crippen LogP contribution in [0.1, 0.15) is 0 Å². The molecule has 0 saturated carbocycles. The van der Waals surface area contributed by atoms with E-state index in [0.717, 1.165) is 27.2 Å². The number of benzene rings is 4. The summed E-state index contributed by atoms with van der Waals surface area (Å²) < 4.78 is 7.16. The zero-order chi connectivity index (χ0) is 24.9. The molecule has 0 unspecified atom stereocenters. The van der Waals surface area contributed by atoms with Gasteiger partial charge >= 0.3 is 0 Å². The van der Waals surface area contributed by atoms with Crippen LogP contribution in [0.25, 0.3) is 17.1 Å². The fourth-order valence-corrected chi connectivity index (χ4v) is 7.83. The summed E-state index contributed by atoms with van der Waals surface area (Å²) in [6.45, 7) is 0. The summed E-state index contributed by atoms with van der Waals surface area (Å²) in [6.07, 6.45) is 5.20. The molecule has 0 bridgehead atoms. The van der Waals surface area contributed by atoms with Crippen LogP contribution in [0.15, 0.2) is 145 Å². The van der Waals surface area contributed by atoms with Crippen LogP contribution in [-0.4, -0.2) is 25.0 Å². The van der Waals surface area contributed by atoms with E-state index in [9.17, 15) is 0 Å². The standard InChI is InChI=1S/C30H23N6P/c1-5-13-24(14-6-1)28-23-36(35-33-28)30-29(31-21-22-32-30)34-37(25-15-7-2-8-16-25,26-17-9-3-10-18-26)27-19-11-4-12-20-27/h1-23H. The molecule has 6 rings (SSSR count). The maximum absolute atomic E-state index is 5.51. The minimum absolute atomic E-state index is 0.511. The molecule has 0 N–H and O–H groups in total. The lowest BCUT2D eigenvalue weighted by Gasteiger charge is -2.26. The second-order valence-electron chi connectivity index (χ2n) is 8.36. The number of rotatable bonds is 6. The summed E-state index contributed by atoms with van der Waals surface area (Å²) in [5.74, 6) is 1.04. The summed E-state index contributed by atoms with van der Waals surface area (Å²) in [5, 5.41) is 12.2. The van der Waals surface area contributed by atoms with Crippen molar-refractivity contribution in [2.24, 2.45) is 4.74 Å². The third-order valence-corrected chi connectivity index (χ3v) is 9.70. The zero-order valence-electron chi connectivity index (χ0n) is 19.9. The van der Waals surface area contributed by atoms with Gasteiger partial charge in [0.25, 0.3) is 0 Å². The maximum atomic E-state index is 5.51. The lowest BCUT2D eigenvalue weighted by molar-refractivity contribution is 0.777. The minimum Gasteiger partial charge on any atom is -0.232 e. The van der Waals surface area contributed by atoms with Gasteiger partial charge in [-0.05, 0) is 0 Å². The average molecular weight is 499 g/mol. The lowest BCUT2D eigenvalue weighted by Crippen LogP contribution is -2.25. The number of nitrogens with zero attached hydrogens (tertiary/aromatic N) is 6. The fraction of sp³-hybridized carbons (Fsp3) is 0. The Hall–Kier alpha value is -4.67. The first-order chi connectivity index (χ1) is 18.3. The first-order valence-electron chi connectivity index (χ1n) is 11.9. The van der Waals surface area contributed by atoms with Gasteiger partial charge in [-0.3, -0.25) is 0 Å². The minimum atomic E-state index is -2.51. The normalized spacial score (nSPS) is 11.2. The number of aromatic nitrogens is 5. The third kappa shape index (κ3) is 4.39. The Morgan fingerprint density at radius 3 is 1.59 bits per heavy atom. The van der Waals surface area contributed by atoms with E-state index in [1.165, 1.54) is 0 Å². The second-order valence-corrected chi connectivity index (χ2v) is 11.4. The molecule has 0 atom stereocenters. The van der Waals surface area contributed by atoms with Crippen molar-refractivity contribution in [3.05, 3.63) is 140 Å². The van der Waals surface area contributed by atoms with Gasteiger partial charge < -0.3 is 0 Å². The fourth-order valence-electron chi connectivity index (χ4n) is 4.36. The van der Waals surface area contributed by atoms with Gasteiger partial charge in [-0.1, -0.05) is 127 Å². The molecule has 178 valence electrons. The van der Waals surface area contributed by atoms with E-state index >= 15 is 0 Å². The lowest BCUT2D eigenvalue weighted by atomic mass is 10.2. The van der Waals surface area contributed by atoms with Crippen LogP contribution >= 0.6 is 7.05 Å². The van der Waals surface area contributed by atoms with Gasteiger partial charge in [0.2, 0.25) is 0 Å². The van der Waals surface area contributed by atoms with E-state index in [2.05, 4.69) is 88.1 Å². The van der Waals surface area contributed by atoms with Crippen molar-refractivity contribution in [3.8, 4) is 17.1 Å². The van der Waals surface area contributed by atoms with Gasteiger partial charge in [-0.25, -0.2) is 14.7 Å². The molecule has 37 heavy (non-hydrogen) atoms. The largest absolute Gasteiger partial charge is 0.232 e. The summed E-state index contributed by atoms with van der Waals surface area (Å²) in [7, 11) is -2.51. The molecule has 0 amide bonds. The second kappa shape index (κ2) is 10.1. The Bertz CT molecular complexity index is 1560. The number of hydrogen-bond donors (Lipinski definition) is 0. The van der Waals surface area contributed by atoms with Gasteiger partial charge in [0.05, 0.1) is 13.3 Å². The van der Waals surface area contributed by atoms with E-state index in [0.29, 0.717) is 11.6 Å². The summed E-state index contributed by atoms with van der Waals surface area (Å²) in [4.78, 5) is 9.35. The topological polar surface area (TPSA) is 68.8 Å². The molecule has 0 radical (unpaired) electrons. The molecule has 2 aromatic heterocycles. The molecule has 6 aromatic rings. The Labute approximate surface area is 215 Å². The van der Waals surface area contributed by atoms with Gasteiger partial charge in [-0.15, -0.1) is 5.10 Å². The highest BCUT2D eigenvalue weighted by Crippen LogP contribution is 2.49. The molecule has 0 aliphatic heterocycles. The molecule has 0 fully saturated rings. The van der Waals surface area contributed by atoms with Crippen LogP contribution in [0, 0.1) is 0 Å². The highest BCUT2D eigenvalue weighted by atomic mass is 31.2. The zero-order valence-corrected chi connectivity index (χ0v) is 20.8. The van der Waals surface area contributed by atoms with Crippen LogP contribution in [0.2, 0.25) is 0 Å². The van der Waals surface area contributed by atoms with E-state index in [-0.39, 0.29) is 0 Å². The van der Waals surface area contributed by atoms with Crippen molar-refractivity contribution in [2.75, 3.05) is 0 Å². The Balaban J connectivity index is 1.62. The Morgan fingerprint density at radius 1 is 0.568 bits per heavy atom. The van der Waals surface area contributed by atoms with Crippen LogP contribution in [-0.2, 0) is 0 Å². The van der Waals surface area contributed by atoms with E-state index in [4.69, 9.17) is 9.73 Å². The van der Waals surface area contributed by atoms with Gasteiger partial charge in [0.1, 0.15) is 5.69 Å². The first-order valence-corrected chi connectivity index (χ1v) is 13.7. The summed E-state index contributed by atoms with van der Waals surface area (Å²) in [6, 6.07) is 41.3. The molecule has 7 heteroatoms. The van der Waals surface area contributed by atoms with Crippen molar-refractivity contribution in [1.29, 1.82) is 0 Å². The van der Waals surface area contributed by atoms with Crippen LogP contribution in [0.4, 0.5) is 5.82 Å². The van der Waals surface area contributed by atoms with Crippen molar-refractivity contribution in [3.63, 3.8) is 0 Å². The van der Waals surface area contributed by atoms with Gasteiger partial charge in [0.15, 0.2) is 11.6 Å². The van der Waals surface area contributed by atoms with E-state index < -0.39 is 7.05 Å². The first kappa shape index (κ1) is 22.8. The maximum Gasteiger partial charge on any atom is 0.200 e. The number of hydrogen-bond acceptors (Lipinski definition) is 5. The van der Waals surface area contributed by atoms with Crippen LogP contribution < -0.4 is 15.9 Å². The molecule has 0 saturated heterocycles. The molecule has 0 aliphatic carbocycles. The summed E-state index contributed by atoms with van der Waals surface area (Å²) in [5.41, 5.74) is 1.74. The Morgan fingerprint density at radius 2 is 1.05 bits per heavy atom. The molecular formula is C30H23N6P. The molecule has 6 nitrogen and oxygen atoms in total. The SMILES string of the molecule is c1ccc(-c2cn(-c3nccnc3N=P(c3ccccc3)(c3ccccc3)c3ccccc3)nn2)cc1. The predicted octanol–water partition coefficient (Wildman–Crippen LogP) is 5.53. The van der Waals surface area contributed by atoms with E-state index in [1.54, 1.807) is 17.1 Å². The van der Waals surface area contributed by atoms with Crippen molar-refractivity contribution in [1.82, 2.24) is 25.0 Å². The Kier molecular flexibility index (Phi) is 6.24. The highest BCUT2D eigenvalue weighted by Gasteiger charge is 2.28. The van der Waals surface area contributed by atoms with Crippen molar-refractivity contribution in [2.45, 2.75) is 0 Å². The molecule has 2 heterocycles. The predicted molar refractivity (Wildman–Crippen MR) is 150 cm³/mol. The smallest absolute Gasteiger partial charge is 0.200 e. The van der Waals surface area contributed by atoms with Gasteiger partial charge in [-0.2, -0.15) is 4.68 Å². The van der Waals surface area contributed by atoms with Crippen molar-refractivity contribution >= 4 is 28.8 Å². The van der Waals surface area contributed by atoms with Crippen molar-refractivity contribution < 1.29 is 0 Å². The van der Waals surface area contributed by atoms with Crippen LogP contribution in [0.3, 0.4) is 0 Å². The highest BCUT2D eigenvalue weighted by molar-refractivity contribution is 7.87. The molecule has 4 aromatic carbocycles. The monoisotopic (exact) mass is 498 g/mol. The molecular weight excluding hydrogens is 475 g/mol. The van der Waals surface area contributed by atoms with E-state index in [1.807, 2.05) is 54.7 Å². The molecule has 0 spiro atoms. The van der Waals surface area contributed by atoms with Crippen LogP contribution in [0.5, 0.6) is 0 Å².